The molecule has 1 N–H and O–H groups in total. The van der Waals surface area contributed by atoms with E-state index in [0.29, 0.717) is 13.1 Å². The fourth-order valence-electron chi connectivity index (χ4n) is 1.83. The molecular formula is C14H15ClFN3O. The Labute approximate surface area is 121 Å². The van der Waals surface area contributed by atoms with E-state index in [-0.39, 0.29) is 16.5 Å². The molecule has 2 rings (SSSR count). The third kappa shape index (κ3) is 3.57. The molecule has 0 saturated heterocycles. The maximum Gasteiger partial charge on any atom is 0.254 e. The zero-order valence-corrected chi connectivity index (χ0v) is 11.8. The lowest BCUT2D eigenvalue weighted by Crippen LogP contribution is -2.30. The summed E-state index contributed by atoms with van der Waals surface area (Å²) in [7, 11) is 0. The second kappa shape index (κ2) is 6.52. The van der Waals surface area contributed by atoms with E-state index in [0.717, 1.165) is 0 Å². The van der Waals surface area contributed by atoms with Gasteiger partial charge in [0.05, 0.1) is 10.6 Å². The predicted molar refractivity (Wildman–Crippen MR) is 75.1 cm³/mol. The molecule has 1 aromatic heterocycles. The molecule has 1 amide bonds. The van der Waals surface area contributed by atoms with Crippen LogP contribution in [0.25, 0.3) is 0 Å². The fourth-order valence-corrected chi connectivity index (χ4v) is 2.01. The molecule has 0 spiro atoms. The quantitative estimate of drug-likeness (QED) is 0.922. The van der Waals surface area contributed by atoms with Crippen LogP contribution in [0.15, 0.2) is 36.7 Å². The van der Waals surface area contributed by atoms with Crippen LogP contribution in [-0.2, 0) is 6.54 Å². The van der Waals surface area contributed by atoms with Crippen molar-refractivity contribution in [3.05, 3.63) is 53.1 Å². The first kappa shape index (κ1) is 14.5. The van der Waals surface area contributed by atoms with Crippen LogP contribution in [0.5, 0.6) is 0 Å². The first-order chi connectivity index (χ1) is 9.58. The Kier molecular flexibility index (Phi) is 4.74. The summed E-state index contributed by atoms with van der Waals surface area (Å²) in [5.74, 6) is -0.968. The largest absolute Gasteiger partial charge is 0.352 e. The third-order valence-corrected chi connectivity index (χ3v) is 3.16. The number of rotatable bonds is 5. The van der Waals surface area contributed by atoms with Gasteiger partial charge < -0.3 is 5.32 Å². The molecular weight excluding hydrogens is 281 g/mol. The van der Waals surface area contributed by atoms with Gasteiger partial charge in [0, 0.05) is 25.5 Å². The van der Waals surface area contributed by atoms with Gasteiger partial charge in [0.25, 0.3) is 5.91 Å². The number of aromatic nitrogens is 2. The normalized spacial score (nSPS) is 12.2. The Bertz CT molecular complexity index is 586. The number of carbonyl (C=O) groups excluding carboxylic acids is 1. The SMILES string of the molecule is C[C@@H](CNC(=O)c1cccc(Cl)c1F)Cn1cccn1. The van der Waals surface area contributed by atoms with E-state index in [1.54, 1.807) is 16.9 Å². The number of amides is 1. The minimum absolute atomic E-state index is 0.0382. The van der Waals surface area contributed by atoms with Gasteiger partial charge in [-0.2, -0.15) is 5.10 Å². The number of carbonyl (C=O) groups is 1. The molecule has 0 radical (unpaired) electrons. The second-order valence-electron chi connectivity index (χ2n) is 4.64. The van der Waals surface area contributed by atoms with Crippen LogP contribution in [0.3, 0.4) is 0 Å². The van der Waals surface area contributed by atoms with Gasteiger partial charge in [0.2, 0.25) is 0 Å². The van der Waals surface area contributed by atoms with Crippen molar-refractivity contribution in [3.8, 4) is 0 Å². The van der Waals surface area contributed by atoms with Gasteiger partial charge in [-0.1, -0.05) is 24.6 Å². The highest BCUT2D eigenvalue weighted by atomic mass is 35.5. The van der Waals surface area contributed by atoms with Crippen LogP contribution < -0.4 is 5.32 Å². The van der Waals surface area contributed by atoms with E-state index in [4.69, 9.17) is 11.6 Å². The fraction of sp³-hybridized carbons (Fsp3) is 0.286. The Balaban J connectivity index is 1.90. The lowest BCUT2D eigenvalue weighted by Gasteiger charge is -2.13. The maximum atomic E-state index is 13.7. The van der Waals surface area contributed by atoms with Crippen LogP contribution in [0, 0.1) is 11.7 Å². The molecule has 0 bridgehead atoms. The molecule has 0 aliphatic rings. The minimum Gasteiger partial charge on any atom is -0.352 e. The number of nitrogens with zero attached hydrogens (tertiary/aromatic N) is 2. The van der Waals surface area contributed by atoms with Gasteiger partial charge in [-0.3, -0.25) is 9.48 Å². The Hall–Kier alpha value is -1.88. The molecule has 6 heteroatoms. The number of halogens is 2. The Morgan fingerprint density at radius 1 is 1.50 bits per heavy atom. The molecule has 0 fully saturated rings. The minimum atomic E-state index is -0.689. The topological polar surface area (TPSA) is 46.9 Å². The summed E-state index contributed by atoms with van der Waals surface area (Å²) in [6.45, 7) is 3.10. The number of hydrogen-bond acceptors (Lipinski definition) is 2. The summed E-state index contributed by atoms with van der Waals surface area (Å²) in [6, 6.07) is 6.21. The molecule has 1 atom stereocenters. The smallest absolute Gasteiger partial charge is 0.254 e. The lowest BCUT2D eigenvalue weighted by molar-refractivity contribution is 0.0942. The molecule has 0 aliphatic carbocycles. The zero-order valence-electron chi connectivity index (χ0n) is 11.0. The second-order valence-corrected chi connectivity index (χ2v) is 5.05. The van der Waals surface area contributed by atoms with E-state index >= 15 is 0 Å². The summed E-state index contributed by atoms with van der Waals surface area (Å²) in [4.78, 5) is 11.9. The first-order valence-corrected chi connectivity index (χ1v) is 6.65. The summed E-state index contributed by atoms with van der Waals surface area (Å²) in [6.07, 6.45) is 3.56. The molecule has 0 unspecified atom stereocenters. The van der Waals surface area contributed by atoms with E-state index in [2.05, 4.69) is 10.4 Å². The van der Waals surface area contributed by atoms with Gasteiger partial charge in [0.15, 0.2) is 5.82 Å². The van der Waals surface area contributed by atoms with Crippen molar-refractivity contribution in [3.63, 3.8) is 0 Å². The number of benzene rings is 1. The van der Waals surface area contributed by atoms with Crippen LogP contribution in [0.2, 0.25) is 5.02 Å². The molecule has 106 valence electrons. The van der Waals surface area contributed by atoms with Crippen LogP contribution in [0.4, 0.5) is 4.39 Å². The van der Waals surface area contributed by atoms with Crippen LogP contribution in [0.1, 0.15) is 17.3 Å². The highest BCUT2D eigenvalue weighted by Crippen LogP contribution is 2.17. The van der Waals surface area contributed by atoms with Crippen molar-refractivity contribution in [2.75, 3.05) is 6.54 Å². The van der Waals surface area contributed by atoms with Crippen molar-refractivity contribution < 1.29 is 9.18 Å². The summed E-state index contributed by atoms with van der Waals surface area (Å²) in [5.41, 5.74) is -0.0382. The van der Waals surface area contributed by atoms with Gasteiger partial charge in [0.1, 0.15) is 0 Å². The third-order valence-electron chi connectivity index (χ3n) is 2.87. The Morgan fingerprint density at radius 2 is 2.30 bits per heavy atom. The molecule has 4 nitrogen and oxygen atoms in total. The standard InChI is InChI=1S/C14H15ClFN3O/c1-10(9-19-7-3-6-18-19)8-17-14(20)11-4-2-5-12(15)13(11)16/h2-7,10H,8-9H2,1H3,(H,17,20)/t10-/m0/s1. The molecule has 1 aromatic carbocycles. The highest BCUT2D eigenvalue weighted by molar-refractivity contribution is 6.31. The van der Waals surface area contributed by atoms with Gasteiger partial charge >= 0.3 is 0 Å². The van der Waals surface area contributed by atoms with Gasteiger partial charge in [-0.25, -0.2) is 4.39 Å². The molecule has 0 aliphatic heterocycles. The van der Waals surface area contributed by atoms with Crippen molar-refractivity contribution in [1.82, 2.24) is 15.1 Å². The lowest BCUT2D eigenvalue weighted by atomic mass is 10.1. The summed E-state index contributed by atoms with van der Waals surface area (Å²) >= 11 is 5.65. The average Bonchev–Trinajstić information content (AvgIpc) is 2.92. The maximum absolute atomic E-state index is 13.7. The molecule has 20 heavy (non-hydrogen) atoms. The van der Waals surface area contributed by atoms with Crippen molar-refractivity contribution in [2.24, 2.45) is 5.92 Å². The van der Waals surface area contributed by atoms with E-state index < -0.39 is 11.7 Å². The van der Waals surface area contributed by atoms with E-state index in [1.807, 2.05) is 19.2 Å². The average molecular weight is 296 g/mol. The van der Waals surface area contributed by atoms with Crippen molar-refractivity contribution in [1.29, 1.82) is 0 Å². The van der Waals surface area contributed by atoms with Crippen LogP contribution >= 0.6 is 11.6 Å². The molecule has 1 heterocycles. The summed E-state index contributed by atoms with van der Waals surface area (Å²) < 4.78 is 15.5. The highest BCUT2D eigenvalue weighted by Gasteiger charge is 2.14. The van der Waals surface area contributed by atoms with Crippen molar-refractivity contribution >= 4 is 17.5 Å². The van der Waals surface area contributed by atoms with E-state index in [9.17, 15) is 9.18 Å². The predicted octanol–water partition coefficient (Wildman–Crippen LogP) is 2.74. The zero-order chi connectivity index (χ0) is 14.5. The van der Waals surface area contributed by atoms with Gasteiger partial charge in [-0.05, 0) is 24.1 Å². The van der Waals surface area contributed by atoms with E-state index in [1.165, 1.54) is 12.1 Å². The molecule has 0 saturated carbocycles. The van der Waals surface area contributed by atoms with Gasteiger partial charge in [-0.15, -0.1) is 0 Å². The summed E-state index contributed by atoms with van der Waals surface area (Å²) in [5, 5.41) is 6.74. The monoisotopic (exact) mass is 295 g/mol. The number of hydrogen-bond donors (Lipinski definition) is 1. The van der Waals surface area contributed by atoms with Crippen LogP contribution in [-0.4, -0.2) is 22.2 Å². The van der Waals surface area contributed by atoms with Crippen molar-refractivity contribution in [2.45, 2.75) is 13.5 Å². The number of nitrogens with one attached hydrogen (secondary N) is 1. The first-order valence-electron chi connectivity index (χ1n) is 6.27. The Morgan fingerprint density at radius 3 is 3.00 bits per heavy atom. The molecule has 2 aromatic rings.